The van der Waals surface area contributed by atoms with E-state index in [0.29, 0.717) is 35.5 Å². The van der Waals surface area contributed by atoms with Crippen molar-refractivity contribution in [3.05, 3.63) is 78.0 Å². The fourth-order valence-corrected chi connectivity index (χ4v) is 3.67. The third-order valence-corrected chi connectivity index (χ3v) is 5.38. The van der Waals surface area contributed by atoms with E-state index < -0.39 is 11.9 Å². The highest BCUT2D eigenvalue weighted by molar-refractivity contribution is 5.85. The number of carbonyl (C=O) groups excluding carboxylic acids is 1. The van der Waals surface area contributed by atoms with Crippen molar-refractivity contribution in [3.8, 4) is 11.6 Å². The van der Waals surface area contributed by atoms with Crippen molar-refractivity contribution < 1.29 is 19.4 Å². The van der Waals surface area contributed by atoms with Crippen molar-refractivity contribution in [1.82, 2.24) is 15.0 Å². The van der Waals surface area contributed by atoms with Gasteiger partial charge in [-0.1, -0.05) is 42.5 Å². The van der Waals surface area contributed by atoms with Gasteiger partial charge in [-0.05, 0) is 42.2 Å². The largest absolute Gasteiger partial charge is 0.481 e. The van der Waals surface area contributed by atoms with Gasteiger partial charge in [-0.3, -0.25) is 9.59 Å². The van der Waals surface area contributed by atoms with Crippen molar-refractivity contribution >= 4 is 28.7 Å². The summed E-state index contributed by atoms with van der Waals surface area (Å²) >= 11 is 0. The Morgan fingerprint density at radius 1 is 1.00 bits per heavy atom. The fourth-order valence-electron chi connectivity index (χ4n) is 3.67. The molecule has 0 aliphatic rings. The number of Topliss-reactive ketones (excluding diaryl/α,β-unsaturated/α-hetero) is 1. The number of anilines is 1. The van der Waals surface area contributed by atoms with E-state index in [-0.39, 0.29) is 24.6 Å². The highest BCUT2D eigenvalue weighted by Gasteiger charge is 2.21. The maximum absolute atomic E-state index is 12.5. The minimum atomic E-state index is -0.941. The van der Waals surface area contributed by atoms with Gasteiger partial charge < -0.3 is 20.6 Å². The Bertz CT molecular complexity index is 1250. The number of fused-ring (bicyclic) bond motifs is 1. The lowest BCUT2D eigenvalue weighted by atomic mass is 9.92. The van der Waals surface area contributed by atoms with E-state index in [9.17, 15) is 14.7 Å². The lowest BCUT2D eigenvalue weighted by Crippen LogP contribution is -2.19. The highest BCUT2D eigenvalue weighted by atomic mass is 16.5. The van der Waals surface area contributed by atoms with E-state index in [1.54, 1.807) is 36.5 Å². The smallest absolute Gasteiger partial charge is 0.306 e. The first-order chi connectivity index (χ1) is 16.0. The summed E-state index contributed by atoms with van der Waals surface area (Å²) in [6.45, 7) is 0. The summed E-state index contributed by atoms with van der Waals surface area (Å²) < 4.78 is 5.85. The molecule has 2 heterocycles. The molecule has 4 aromatic rings. The number of aryl methyl sites for hydroxylation is 1. The average molecular weight is 444 g/mol. The van der Waals surface area contributed by atoms with Crippen molar-refractivity contribution in [3.63, 3.8) is 0 Å². The molecule has 1 atom stereocenters. The number of hydrogen-bond acceptors (Lipinski definition) is 6. The van der Waals surface area contributed by atoms with Gasteiger partial charge in [0.25, 0.3) is 0 Å². The number of H-pyrrole nitrogens is 1. The second-order valence-corrected chi connectivity index (χ2v) is 7.85. The monoisotopic (exact) mass is 444 g/mol. The Kier molecular flexibility index (Phi) is 6.64. The molecule has 8 heteroatoms. The van der Waals surface area contributed by atoms with E-state index in [4.69, 9.17) is 10.5 Å². The summed E-state index contributed by atoms with van der Waals surface area (Å²) in [4.78, 5) is 35.4. The number of nitrogens with two attached hydrogens (primary N) is 1. The first kappa shape index (κ1) is 22.0. The zero-order valence-corrected chi connectivity index (χ0v) is 17.9. The van der Waals surface area contributed by atoms with Crippen LogP contribution in [0.2, 0.25) is 0 Å². The van der Waals surface area contributed by atoms with Crippen molar-refractivity contribution in [1.29, 1.82) is 0 Å². The van der Waals surface area contributed by atoms with Gasteiger partial charge in [-0.2, -0.15) is 9.97 Å². The Hall–Kier alpha value is -4.20. The molecule has 4 rings (SSSR count). The number of aromatic amines is 1. The molecule has 0 aliphatic carbocycles. The fraction of sp³-hybridized carbons (Fsp3) is 0.200. The molecule has 0 unspecified atom stereocenters. The van der Waals surface area contributed by atoms with Crippen LogP contribution in [0.15, 0.2) is 66.9 Å². The molecule has 0 bridgehead atoms. The molecular weight excluding hydrogens is 420 g/mol. The predicted molar refractivity (Wildman–Crippen MR) is 124 cm³/mol. The van der Waals surface area contributed by atoms with Crippen LogP contribution in [0.4, 0.5) is 5.95 Å². The summed E-state index contributed by atoms with van der Waals surface area (Å²) in [6, 6.07) is 18.5. The number of nitrogens with one attached hydrogen (secondary N) is 1. The van der Waals surface area contributed by atoms with Gasteiger partial charge in [-0.15, -0.1) is 0 Å². The molecule has 0 saturated heterocycles. The molecule has 0 radical (unpaired) electrons. The van der Waals surface area contributed by atoms with Crippen LogP contribution >= 0.6 is 0 Å². The second kappa shape index (κ2) is 9.95. The third-order valence-electron chi connectivity index (χ3n) is 5.38. The Morgan fingerprint density at radius 3 is 2.48 bits per heavy atom. The number of rotatable bonds is 10. The molecule has 33 heavy (non-hydrogen) atoms. The summed E-state index contributed by atoms with van der Waals surface area (Å²) in [6.07, 6.45) is 2.95. The second-order valence-electron chi connectivity index (χ2n) is 7.85. The maximum Gasteiger partial charge on any atom is 0.306 e. The SMILES string of the molecule is Nc1nc(Oc2ccc(CC(=O)C[C@H](CCc3ccccc3)C(=O)O)cc2)c2cc[nH]c2n1. The third kappa shape index (κ3) is 5.74. The summed E-state index contributed by atoms with van der Waals surface area (Å²) in [5.74, 6) is -0.775. The summed E-state index contributed by atoms with van der Waals surface area (Å²) in [7, 11) is 0. The topological polar surface area (TPSA) is 131 Å². The number of carboxylic acids is 1. The molecule has 0 fully saturated rings. The number of hydrogen-bond donors (Lipinski definition) is 3. The van der Waals surface area contributed by atoms with Gasteiger partial charge in [0.05, 0.1) is 11.3 Å². The lowest BCUT2D eigenvalue weighted by molar-refractivity contribution is -0.143. The van der Waals surface area contributed by atoms with Crippen LogP contribution in [-0.4, -0.2) is 31.8 Å². The molecule has 168 valence electrons. The van der Waals surface area contributed by atoms with E-state index in [1.807, 2.05) is 30.3 Å². The van der Waals surface area contributed by atoms with Gasteiger partial charge in [0.15, 0.2) is 0 Å². The van der Waals surface area contributed by atoms with E-state index >= 15 is 0 Å². The molecule has 2 aromatic heterocycles. The lowest BCUT2D eigenvalue weighted by Gasteiger charge is -2.12. The van der Waals surface area contributed by atoms with Gasteiger partial charge >= 0.3 is 5.97 Å². The number of carbonyl (C=O) groups is 2. The number of nitrogens with zero attached hydrogens (tertiary/aromatic N) is 2. The number of nitrogen functional groups attached to an aromatic ring is 1. The van der Waals surface area contributed by atoms with Crippen LogP contribution in [0, 0.1) is 5.92 Å². The van der Waals surface area contributed by atoms with Gasteiger partial charge in [0, 0.05) is 19.0 Å². The zero-order valence-electron chi connectivity index (χ0n) is 17.9. The quantitative estimate of drug-likeness (QED) is 0.334. The van der Waals surface area contributed by atoms with E-state index in [2.05, 4.69) is 15.0 Å². The first-order valence-electron chi connectivity index (χ1n) is 10.6. The minimum Gasteiger partial charge on any atom is -0.481 e. The Morgan fingerprint density at radius 2 is 1.76 bits per heavy atom. The van der Waals surface area contributed by atoms with Crippen LogP contribution in [0.1, 0.15) is 24.0 Å². The molecule has 0 spiro atoms. The van der Waals surface area contributed by atoms with Gasteiger partial charge in [0.2, 0.25) is 11.8 Å². The van der Waals surface area contributed by atoms with Crippen molar-refractivity contribution in [2.24, 2.45) is 5.92 Å². The Labute approximate surface area is 190 Å². The summed E-state index contributed by atoms with van der Waals surface area (Å²) in [5, 5.41) is 10.2. The number of benzene rings is 2. The number of ketones is 1. The van der Waals surface area contributed by atoms with Crippen molar-refractivity contribution in [2.75, 3.05) is 5.73 Å². The van der Waals surface area contributed by atoms with Crippen LogP contribution in [0.25, 0.3) is 11.0 Å². The van der Waals surface area contributed by atoms with E-state index in [1.165, 1.54) is 0 Å². The normalized spacial score (nSPS) is 11.9. The van der Waals surface area contributed by atoms with Crippen LogP contribution in [0.3, 0.4) is 0 Å². The molecule has 2 aromatic carbocycles. The zero-order chi connectivity index (χ0) is 23.2. The number of aromatic nitrogens is 3. The van der Waals surface area contributed by atoms with Crippen LogP contribution in [0.5, 0.6) is 11.6 Å². The maximum atomic E-state index is 12.5. The van der Waals surface area contributed by atoms with Crippen LogP contribution < -0.4 is 10.5 Å². The number of carboxylic acid groups (broad SMARTS) is 1. The van der Waals surface area contributed by atoms with E-state index in [0.717, 1.165) is 11.1 Å². The molecule has 0 aliphatic heterocycles. The standard InChI is InChI=1S/C25H24N4O4/c26-25-28-22-21(12-13-27-22)23(29-25)33-20-10-7-17(8-11-20)14-19(30)15-18(24(31)32)9-6-16-4-2-1-3-5-16/h1-5,7-8,10-13,18H,6,9,14-15H2,(H,31,32)(H3,26,27,28,29)/t18-/m0/s1. The van der Waals surface area contributed by atoms with Gasteiger partial charge in [-0.25, -0.2) is 0 Å². The average Bonchev–Trinajstić information content (AvgIpc) is 3.27. The summed E-state index contributed by atoms with van der Waals surface area (Å²) in [5.41, 5.74) is 8.16. The molecule has 8 nitrogen and oxygen atoms in total. The van der Waals surface area contributed by atoms with Gasteiger partial charge in [0.1, 0.15) is 17.2 Å². The number of ether oxygens (including phenoxy) is 1. The molecule has 4 N–H and O–H groups in total. The van der Waals surface area contributed by atoms with Crippen molar-refractivity contribution in [2.45, 2.75) is 25.7 Å². The molecular formula is C25H24N4O4. The van der Waals surface area contributed by atoms with Crippen LogP contribution in [-0.2, 0) is 22.4 Å². The molecule has 0 amide bonds. The minimum absolute atomic E-state index is 0.00605. The number of aliphatic carboxylic acids is 1. The predicted octanol–water partition coefficient (Wildman–Crippen LogP) is 4.17. The molecule has 0 saturated carbocycles. The Balaban J connectivity index is 1.35. The highest BCUT2D eigenvalue weighted by Crippen LogP contribution is 2.27. The first-order valence-corrected chi connectivity index (χ1v) is 10.6.